The summed E-state index contributed by atoms with van der Waals surface area (Å²) >= 11 is 1.86. The van der Waals surface area contributed by atoms with Gasteiger partial charge < -0.3 is 4.57 Å². The monoisotopic (exact) mass is 244 g/mol. The Morgan fingerprint density at radius 1 is 1.27 bits per heavy atom. The molecule has 1 aliphatic rings. The number of rotatable bonds is 6. The Labute approximate surface area is 99.6 Å². The smallest absolute Gasteiger partial charge is 0.129 e. The molecule has 0 aromatic heterocycles. The maximum atomic E-state index is 4.62. The zero-order valence-electron chi connectivity index (χ0n) is 10.5. The molecule has 0 fully saturated rings. The minimum Gasteiger partial charge on any atom is -0.302 e. The number of hydrogen-bond donors (Lipinski definition) is 0. The van der Waals surface area contributed by atoms with Crippen molar-refractivity contribution in [2.24, 2.45) is 4.99 Å². The Kier molecular flexibility index (Phi) is 5.36. The highest BCUT2D eigenvalue weighted by Crippen LogP contribution is 2.29. The normalized spacial score (nSPS) is 21.5. The second-order valence-corrected chi connectivity index (χ2v) is 10.2. The van der Waals surface area contributed by atoms with Gasteiger partial charge in [-0.1, -0.05) is 27.7 Å². The van der Waals surface area contributed by atoms with E-state index >= 15 is 0 Å². The minimum absolute atomic E-state index is 0.478. The van der Waals surface area contributed by atoms with Crippen molar-refractivity contribution in [3.8, 4) is 0 Å². The van der Waals surface area contributed by atoms with E-state index in [0.29, 0.717) is 6.17 Å². The first kappa shape index (κ1) is 13.3. The predicted molar refractivity (Wildman–Crippen MR) is 74.3 cm³/mol. The molecule has 1 aliphatic heterocycles. The van der Waals surface area contributed by atoms with Gasteiger partial charge in [0.1, 0.15) is 14.4 Å². The van der Waals surface area contributed by atoms with E-state index in [2.05, 4.69) is 37.3 Å². The van der Waals surface area contributed by atoms with Crippen molar-refractivity contribution in [2.75, 3.05) is 12.3 Å². The molecule has 1 heterocycles. The van der Waals surface area contributed by atoms with Crippen LogP contribution in [0.4, 0.5) is 0 Å². The molecule has 1 atom stereocenters. The van der Waals surface area contributed by atoms with Gasteiger partial charge in [-0.2, -0.15) is 0 Å². The summed E-state index contributed by atoms with van der Waals surface area (Å²) in [6.07, 6.45) is 0.478. The molecule has 0 aliphatic carbocycles. The van der Waals surface area contributed by atoms with E-state index in [9.17, 15) is 0 Å². The summed E-state index contributed by atoms with van der Waals surface area (Å²) in [6.45, 7) is 10.6. The van der Waals surface area contributed by atoms with Crippen LogP contribution in [0.1, 0.15) is 27.7 Å². The van der Waals surface area contributed by atoms with E-state index in [1.54, 1.807) is 0 Å². The van der Waals surface area contributed by atoms with Gasteiger partial charge in [0.2, 0.25) is 0 Å². The zero-order valence-corrected chi connectivity index (χ0v) is 12.3. The van der Waals surface area contributed by atoms with Crippen molar-refractivity contribution in [2.45, 2.75) is 52.0 Å². The standard InChI is InChI=1S/C11H24N2SSi/c1-5-13(11-9-14-10-12-11)15(6-2,7-3)8-4/h10-11H,5-9H2,1-4H3. The molecule has 15 heavy (non-hydrogen) atoms. The van der Waals surface area contributed by atoms with E-state index in [-0.39, 0.29) is 0 Å². The molecular formula is C11H24N2SSi. The SMILES string of the molecule is CCN(C1CSC=N1)[Si](CC)(CC)CC. The molecule has 1 rings (SSSR count). The zero-order chi connectivity index (χ0) is 11.3. The second-order valence-electron chi connectivity index (χ2n) is 4.14. The van der Waals surface area contributed by atoms with E-state index in [1.165, 1.54) is 30.4 Å². The van der Waals surface area contributed by atoms with E-state index in [4.69, 9.17) is 0 Å². The fourth-order valence-electron chi connectivity index (χ4n) is 2.68. The van der Waals surface area contributed by atoms with Gasteiger partial charge in [0.15, 0.2) is 0 Å². The third-order valence-corrected chi connectivity index (χ3v) is 10.4. The Morgan fingerprint density at radius 3 is 2.20 bits per heavy atom. The second kappa shape index (κ2) is 6.06. The quantitative estimate of drug-likeness (QED) is 0.665. The minimum atomic E-state index is -1.21. The lowest BCUT2D eigenvalue weighted by atomic mass is 10.5. The topological polar surface area (TPSA) is 15.6 Å². The summed E-state index contributed by atoms with van der Waals surface area (Å²) in [5, 5.41) is 0. The first-order chi connectivity index (χ1) is 7.24. The fourth-order valence-corrected chi connectivity index (χ4v) is 7.74. The van der Waals surface area contributed by atoms with Crippen LogP contribution in [0.5, 0.6) is 0 Å². The molecule has 4 heteroatoms. The highest BCUT2D eigenvalue weighted by Gasteiger charge is 2.38. The van der Waals surface area contributed by atoms with Crippen LogP contribution < -0.4 is 0 Å². The molecule has 0 aromatic rings. The number of aliphatic imine (C=N–C) groups is 1. The van der Waals surface area contributed by atoms with E-state index < -0.39 is 8.24 Å². The molecule has 0 saturated heterocycles. The maximum absolute atomic E-state index is 4.62. The largest absolute Gasteiger partial charge is 0.302 e. The molecule has 0 radical (unpaired) electrons. The Morgan fingerprint density at radius 2 is 1.87 bits per heavy atom. The molecule has 0 aromatic carbocycles. The lowest BCUT2D eigenvalue weighted by molar-refractivity contribution is 0.359. The van der Waals surface area contributed by atoms with E-state index in [1.807, 2.05) is 17.3 Å². The van der Waals surface area contributed by atoms with Crippen molar-refractivity contribution in [3.63, 3.8) is 0 Å². The average molecular weight is 244 g/mol. The van der Waals surface area contributed by atoms with Crippen LogP contribution in [0.25, 0.3) is 0 Å². The first-order valence-corrected chi connectivity index (χ1v) is 9.75. The van der Waals surface area contributed by atoms with Crippen molar-refractivity contribution in [1.82, 2.24) is 4.57 Å². The summed E-state index contributed by atoms with van der Waals surface area (Å²) in [5.74, 6) is 1.17. The first-order valence-electron chi connectivity index (χ1n) is 6.14. The summed E-state index contributed by atoms with van der Waals surface area (Å²) in [4.78, 5) is 4.62. The van der Waals surface area contributed by atoms with Gasteiger partial charge >= 0.3 is 0 Å². The molecule has 0 spiro atoms. The van der Waals surface area contributed by atoms with Gasteiger partial charge in [0.25, 0.3) is 0 Å². The summed E-state index contributed by atoms with van der Waals surface area (Å²) in [5.41, 5.74) is 2.04. The van der Waals surface area contributed by atoms with Gasteiger partial charge in [-0.05, 0) is 24.7 Å². The number of nitrogens with zero attached hydrogens (tertiary/aromatic N) is 2. The van der Waals surface area contributed by atoms with Crippen LogP contribution in [0.2, 0.25) is 18.1 Å². The van der Waals surface area contributed by atoms with Crippen molar-refractivity contribution in [3.05, 3.63) is 0 Å². The van der Waals surface area contributed by atoms with Crippen molar-refractivity contribution in [1.29, 1.82) is 0 Å². The third-order valence-electron chi connectivity index (χ3n) is 3.84. The van der Waals surface area contributed by atoms with Crippen LogP contribution in [0, 0.1) is 0 Å². The van der Waals surface area contributed by atoms with Crippen LogP contribution in [-0.4, -0.2) is 36.8 Å². The molecule has 0 bridgehead atoms. The van der Waals surface area contributed by atoms with Gasteiger partial charge in [0, 0.05) is 5.75 Å². The van der Waals surface area contributed by atoms with Crippen LogP contribution in [0.15, 0.2) is 4.99 Å². The van der Waals surface area contributed by atoms with Crippen LogP contribution in [-0.2, 0) is 0 Å². The van der Waals surface area contributed by atoms with E-state index in [0.717, 1.165) is 0 Å². The number of hydrogen-bond acceptors (Lipinski definition) is 3. The summed E-state index contributed by atoms with van der Waals surface area (Å²) in [6, 6.07) is 4.10. The third kappa shape index (κ3) is 2.66. The maximum Gasteiger partial charge on any atom is 0.129 e. The molecule has 0 N–H and O–H groups in total. The summed E-state index contributed by atoms with van der Waals surface area (Å²) < 4.78 is 2.74. The molecule has 88 valence electrons. The van der Waals surface area contributed by atoms with Gasteiger partial charge in [-0.25, -0.2) is 0 Å². The van der Waals surface area contributed by atoms with Crippen molar-refractivity contribution < 1.29 is 0 Å². The molecule has 1 unspecified atom stereocenters. The Balaban J connectivity index is 2.81. The fraction of sp³-hybridized carbons (Fsp3) is 0.909. The Hall–Kier alpha value is 0.197. The number of thioether (sulfide) groups is 1. The van der Waals surface area contributed by atoms with Crippen LogP contribution >= 0.6 is 11.8 Å². The molecule has 0 amide bonds. The van der Waals surface area contributed by atoms with Crippen LogP contribution in [0.3, 0.4) is 0 Å². The lowest BCUT2D eigenvalue weighted by Gasteiger charge is -2.42. The highest BCUT2D eigenvalue weighted by molar-refractivity contribution is 8.12. The highest BCUT2D eigenvalue weighted by atomic mass is 32.2. The predicted octanol–water partition coefficient (Wildman–Crippen LogP) is 3.41. The van der Waals surface area contributed by atoms with Crippen molar-refractivity contribution >= 4 is 25.5 Å². The van der Waals surface area contributed by atoms with Gasteiger partial charge in [0.05, 0.1) is 5.55 Å². The average Bonchev–Trinajstić information content (AvgIpc) is 2.79. The Bertz CT molecular complexity index is 208. The molecular weight excluding hydrogens is 220 g/mol. The van der Waals surface area contributed by atoms with Gasteiger partial charge in [-0.15, -0.1) is 11.8 Å². The van der Waals surface area contributed by atoms with Gasteiger partial charge in [-0.3, -0.25) is 4.99 Å². The molecule has 2 nitrogen and oxygen atoms in total. The lowest BCUT2D eigenvalue weighted by Crippen LogP contribution is -2.56. The summed E-state index contributed by atoms with van der Waals surface area (Å²) in [7, 11) is -1.21. The molecule has 0 saturated carbocycles.